The SMILES string of the molecule is Cl.O=C(O)CCCc1ccc2c(c1)CCNC2. The fraction of sp³-hybridized carbons (Fsp3) is 0.462. The van der Waals surface area contributed by atoms with E-state index in [1.807, 2.05) is 0 Å². The van der Waals surface area contributed by atoms with Gasteiger partial charge in [-0.25, -0.2) is 0 Å². The topological polar surface area (TPSA) is 49.3 Å². The second-order valence-corrected chi connectivity index (χ2v) is 4.28. The molecular weight excluding hydrogens is 238 g/mol. The average molecular weight is 256 g/mol. The molecule has 2 rings (SSSR count). The molecule has 2 N–H and O–H groups in total. The smallest absolute Gasteiger partial charge is 0.303 e. The molecule has 0 amide bonds. The normalized spacial score (nSPS) is 13.6. The summed E-state index contributed by atoms with van der Waals surface area (Å²) in [5.74, 6) is -0.706. The summed E-state index contributed by atoms with van der Waals surface area (Å²) in [5, 5.41) is 11.9. The van der Waals surface area contributed by atoms with Gasteiger partial charge in [0.15, 0.2) is 0 Å². The number of carbonyl (C=O) groups is 1. The highest BCUT2D eigenvalue weighted by atomic mass is 35.5. The summed E-state index contributed by atoms with van der Waals surface area (Å²) in [7, 11) is 0. The van der Waals surface area contributed by atoms with Crippen molar-refractivity contribution in [1.29, 1.82) is 0 Å². The minimum absolute atomic E-state index is 0. The van der Waals surface area contributed by atoms with Crippen LogP contribution < -0.4 is 5.32 Å². The second-order valence-electron chi connectivity index (χ2n) is 4.28. The van der Waals surface area contributed by atoms with Crippen LogP contribution in [0.4, 0.5) is 0 Å². The van der Waals surface area contributed by atoms with Crippen molar-refractivity contribution in [2.45, 2.75) is 32.2 Å². The van der Waals surface area contributed by atoms with E-state index in [9.17, 15) is 4.79 Å². The zero-order valence-corrected chi connectivity index (χ0v) is 10.6. The third kappa shape index (κ3) is 4.02. The van der Waals surface area contributed by atoms with Gasteiger partial charge in [0, 0.05) is 13.0 Å². The molecule has 0 atom stereocenters. The van der Waals surface area contributed by atoms with Crippen LogP contribution in [-0.2, 0) is 24.2 Å². The maximum absolute atomic E-state index is 10.4. The van der Waals surface area contributed by atoms with Gasteiger partial charge < -0.3 is 10.4 Å². The number of aryl methyl sites for hydroxylation is 1. The molecule has 17 heavy (non-hydrogen) atoms. The zero-order valence-electron chi connectivity index (χ0n) is 9.74. The molecule has 4 heteroatoms. The summed E-state index contributed by atoms with van der Waals surface area (Å²) in [5.41, 5.74) is 4.07. The molecule has 0 aliphatic carbocycles. The van der Waals surface area contributed by atoms with Crippen LogP contribution in [0.2, 0.25) is 0 Å². The molecule has 3 nitrogen and oxygen atoms in total. The molecule has 1 heterocycles. The minimum atomic E-state index is -0.706. The first-order chi connectivity index (χ1) is 7.75. The Kier molecular flexibility index (Phi) is 5.45. The number of aliphatic carboxylic acids is 1. The molecule has 0 saturated heterocycles. The van der Waals surface area contributed by atoms with E-state index in [1.165, 1.54) is 16.7 Å². The molecule has 0 aromatic heterocycles. The summed E-state index contributed by atoms with van der Waals surface area (Å²) in [6.07, 6.45) is 2.94. The van der Waals surface area contributed by atoms with Crippen molar-refractivity contribution in [3.8, 4) is 0 Å². The summed E-state index contributed by atoms with van der Waals surface area (Å²) in [6, 6.07) is 6.52. The van der Waals surface area contributed by atoms with Crippen molar-refractivity contribution in [3.63, 3.8) is 0 Å². The molecule has 0 radical (unpaired) electrons. The quantitative estimate of drug-likeness (QED) is 0.867. The molecule has 94 valence electrons. The van der Waals surface area contributed by atoms with Crippen LogP contribution in [0.15, 0.2) is 18.2 Å². The third-order valence-electron chi connectivity index (χ3n) is 3.01. The standard InChI is InChI=1S/C13H17NO2.ClH/c15-13(16)3-1-2-10-4-5-12-9-14-7-6-11(12)8-10;/h4-5,8,14H,1-3,6-7,9H2,(H,15,16);1H. The fourth-order valence-corrected chi connectivity index (χ4v) is 2.13. The highest BCUT2D eigenvalue weighted by Gasteiger charge is 2.08. The Bertz CT molecular complexity index is 393. The van der Waals surface area contributed by atoms with Gasteiger partial charge in [-0.2, -0.15) is 0 Å². The Hall–Kier alpha value is -1.06. The van der Waals surface area contributed by atoms with Crippen LogP contribution in [0.1, 0.15) is 29.5 Å². The number of carboxylic acids is 1. The molecule has 1 aromatic rings. The highest BCUT2D eigenvalue weighted by Crippen LogP contribution is 2.17. The van der Waals surface area contributed by atoms with Gasteiger partial charge in [-0.15, -0.1) is 12.4 Å². The van der Waals surface area contributed by atoms with E-state index in [4.69, 9.17) is 5.11 Å². The van der Waals surface area contributed by atoms with E-state index >= 15 is 0 Å². The van der Waals surface area contributed by atoms with Crippen molar-refractivity contribution >= 4 is 18.4 Å². The molecule has 1 aliphatic rings. The van der Waals surface area contributed by atoms with Gasteiger partial charge in [0.2, 0.25) is 0 Å². The Labute approximate surface area is 108 Å². The minimum Gasteiger partial charge on any atom is -0.481 e. The lowest BCUT2D eigenvalue weighted by molar-refractivity contribution is -0.137. The van der Waals surface area contributed by atoms with Gasteiger partial charge in [-0.1, -0.05) is 18.2 Å². The van der Waals surface area contributed by atoms with Gasteiger partial charge in [0.25, 0.3) is 0 Å². The zero-order chi connectivity index (χ0) is 11.4. The Morgan fingerprint density at radius 2 is 2.18 bits per heavy atom. The van der Waals surface area contributed by atoms with Crippen LogP contribution in [0.25, 0.3) is 0 Å². The maximum atomic E-state index is 10.4. The Morgan fingerprint density at radius 1 is 1.35 bits per heavy atom. The van der Waals surface area contributed by atoms with Crippen molar-refractivity contribution in [2.75, 3.05) is 6.54 Å². The first-order valence-corrected chi connectivity index (χ1v) is 5.79. The first kappa shape index (κ1) is 14.0. The summed E-state index contributed by atoms with van der Waals surface area (Å²) in [4.78, 5) is 10.4. The van der Waals surface area contributed by atoms with Crippen molar-refractivity contribution in [3.05, 3.63) is 34.9 Å². The molecule has 1 aliphatic heterocycles. The number of fused-ring (bicyclic) bond motifs is 1. The van der Waals surface area contributed by atoms with Crippen LogP contribution in [-0.4, -0.2) is 17.6 Å². The van der Waals surface area contributed by atoms with Gasteiger partial charge >= 0.3 is 5.97 Å². The lowest BCUT2D eigenvalue weighted by atomic mass is 9.96. The number of rotatable bonds is 4. The predicted molar refractivity (Wildman–Crippen MR) is 69.7 cm³/mol. The molecule has 0 saturated carbocycles. The van der Waals surface area contributed by atoms with Crippen LogP contribution >= 0.6 is 12.4 Å². The summed E-state index contributed by atoms with van der Waals surface area (Å²) >= 11 is 0. The Balaban J connectivity index is 0.00000144. The summed E-state index contributed by atoms with van der Waals surface area (Å²) in [6.45, 7) is 2.01. The van der Waals surface area contributed by atoms with Gasteiger partial charge in [0.05, 0.1) is 0 Å². The van der Waals surface area contributed by atoms with E-state index in [-0.39, 0.29) is 18.8 Å². The van der Waals surface area contributed by atoms with Crippen molar-refractivity contribution in [2.24, 2.45) is 0 Å². The van der Waals surface area contributed by atoms with Crippen molar-refractivity contribution < 1.29 is 9.90 Å². The number of benzene rings is 1. The van der Waals surface area contributed by atoms with E-state index in [0.717, 1.165) is 32.4 Å². The molecule has 0 bridgehead atoms. The molecule has 1 aromatic carbocycles. The number of hydrogen-bond donors (Lipinski definition) is 2. The number of halogens is 1. The first-order valence-electron chi connectivity index (χ1n) is 5.79. The molecular formula is C13H18ClNO2. The van der Waals surface area contributed by atoms with E-state index < -0.39 is 5.97 Å². The monoisotopic (exact) mass is 255 g/mol. The van der Waals surface area contributed by atoms with Crippen LogP contribution in [0, 0.1) is 0 Å². The highest BCUT2D eigenvalue weighted by molar-refractivity contribution is 5.85. The third-order valence-corrected chi connectivity index (χ3v) is 3.01. The Morgan fingerprint density at radius 3 is 2.94 bits per heavy atom. The van der Waals surface area contributed by atoms with Gasteiger partial charge in [-0.3, -0.25) is 4.79 Å². The maximum Gasteiger partial charge on any atom is 0.303 e. The second kappa shape index (κ2) is 6.62. The van der Waals surface area contributed by atoms with Gasteiger partial charge in [-0.05, 0) is 42.5 Å². The van der Waals surface area contributed by atoms with E-state index in [1.54, 1.807) is 0 Å². The number of nitrogens with one attached hydrogen (secondary N) is 1. The lowest BCUT2D eigenvalue weighted by Gasteiger charge is -2.17. The molecule has 0 spiro atoms. The average Bonchev–Trinajstić information content (AvgIpc) is 2.28. The molecule has 0 unspecified atom stereocenters. The summed E-state index contributed by atoms with van der Waals surface area (Å²) < 4.78 is 0. The lowest BCUT2D eigenvalue weighted by Crippen LogP contribution is -2.23. The van der Waals surface area contributed by atoms with Gasteiger partial charge in [0.1, 0.15) is 0 Å². The number of hydrogen-bond acceptors (Lipinski definition) is 2. The molecule has 0 fully saturated rings. The fourth-order valence-electron chi connectivity index (χ4n) is 2.13. The van der Waals surface area contributed by atoms with E-state index in [0.29, 0.717) is 0 Å². The largest absolute Gasteiger partial charge is 0.481 e. The van der Waals surface area contributed by atoms with Crippen LogP contribution in [0.5, 0.6) is 0 Å². The van der Waals surface area contributed by atoms with Crippen LogP contribution in [0.3, 0.4) is 0 Å². The van der Waals surface area contributed by atoms with E-state index in [2.05, 4.69) is 23.5 Å². The predicted octanol–water partition coefficient (Wildman–Crippen LogP) is 2.16. The number of carboxylic acid groups (broad SMARTS) is 1. The van der Waals surface area contributed by atoms with Crippen molar-refractivity contribution in [1.82, 2.24) is 5.32 Å².